The van der Waals surface area contributed by atoms with Crippen LogP contribution in [0, 0.1) is 0 Å². The van der Waals surface area contributed by atoms with Gasteiger partial charge < -0.3 is 19.1 Å². The van der Waals surface area contributed by atoms with E-state index in [-0.39, 0.29) is 24.2 Å². The van der Waals surface area contributed by atoms with Crippen molar-refractivity contribution in [1.82, 2.24) is 4.90 Å². The van der Waals surface area contributed by atoms with Crippen LogP contribution in [-0.2, 0) is 14.1 Å². The molecule has 0 N–H and O–H groups in total. The molecular weight excluding hydrogens is 351 g/mol. The lowest BCUT2D eigenvalue weighted by molar-refractivity contribution is -0.130. The highest BCUT2D eigenvalue weighted by molar-refractivity contribution is 6.62. The van der Waals surface area contributed by atoms with E-state index in [4.69, 9.17) is 9.31 Å². The maximum atomic E-state index is 11.8. The van der Waals surface area contributed by atoms with Crippen molar-refractivity contribution in [3.8, 4) is 0 Å². The first-order chi connectivity index (χ1) is 13.1. The summed E-state index contributed by atoms with van der Waals surface area (Å²) in [6.07, 6.45) is 4.50. The van der Waals surface area contributed by atoms with Gasteiger partial charge in [-0.15, -0.1) is 0 Å². The molecule has 1 amide bonds. The van der Waals surface area contributed by atoms with Crippen LogP contribution in [0.5, 0.6) is 0 Å². The summed E-state index contributed by atoms with van der Waals surface area (Å²) >= 11 is 0. The van der Waals surface area contributed by atoms with E-state index < -0.39 is 0 Å². The Hall–Kier alpha value is -1.53. The van der Waals surface area contributed by atoms with Crippen molar-refractivity contribution in [1.29, 1.82) is 0 Å². The van der Waals surface area contributed by atoms with Crippen molar-refractivity contribution in [2.75, 3.05) is 11.9 Å². The third kappa shape index (κ3) is 3.24. The van der Waals surface area contributed by atoms with E-state index >= 15 is 0 Å². The molecule has 6 heteroatoms. The molecule has 0 unspecified atom stereocenters. The smallest absolute Gasteiger partial charge is 0.399 e. The van der Waals surface area contributed by atoms with Crippen molar-refractivity contribution in [2.24, 2.45) is 0 Å². The SMILES string of the molecule is CC(=O)N(C)[C@@H]1C[C@H]2CC[C@@H](C1)N2c1cccc(B2OC(C)(C)C(C)(C)O2)c1. The molecule has 152 valence electrons. The molecule has 3 aliphatic rings. The van der Waals surface area contributed by atoms with Gasteiger partial charge in [-0.25, -0.2) is 0 Å². The largest absolute Gasteiger partial charge is 0.494 e. The topological polar surface area (TPSA) is 42.0 Å². The standard InChI is InChI=1S/C22H33BN2O3/c1-15(26)24(6)20-13-18-10-11-19(14-20)25(18)17-9-7-8-16(12-17)23-27-21(2,3)22(4,5)28-23/h7-9,12,18-20H,10-11,13-14H2,1-6H3/t18-,19+,20-. The second kappa shape index (κ2) is 6.77. The highest BCUT2D eigenvalue weighted by Gasteiger charge is 2.52. The second-order valence-electron chi connectivity index (χ2n) is 9.73. The number of carbonyl (C=O) groups excluding carboxylic acids is 1. The number of anilines is 1. The number of hydrogen-bond acceptors (Lipinski definition) is 4. The summed E-state index contributed by atoms with van der Waals surface area (Å²) in [5.74, 6) is 0.167. The van der Waals surface area contributed by atoms with E-state index in [1.54, 1.807) is 6.92 Å². The van der Waals surface area contributed by atoms with Crippen molar-refractivity contribution < 1.29 is 14.1 Å². The molecule has 3 fully saturated rings. The molecule has 3 atom stereocenters. The van der Waals surface area contributed by atoms with Crippen LogP contribution in [0.4, 0.5) is 5.69 Å². The first kappa shape index (κ1) is 19.8. The van der Waals surface area contributed by atoms with Crippen molar-refractivity contribution in [2.45, 2.75) is 89.6 Å². The molecule has 28 heavy (non-hydrogen) atoms. The summed E-state index contributed by atoms with van der Waals surface area (Å²) in [4.78, 5) is 16.3. The van der Waals surface area contributed by atoms with Gasteiger partial charge in [0, 0.05) is 37.8 Å². The first-order valence-electron chi connectivity index (χ1n) is 10.6. The number of piperidine rings is 1. The van der Waals surface area contributed by atoms with Gasteiger partial charge in [0.05, 0.1) is 11.2 Å². The Kier molecular flexibility index (Phi) is 4.78. The number of carbonyl (C=O) groups is 1. The molecule has 4 rings (SSSR count). The average Bonchev–Trinajstić information content (AvgIpc) is 3.02. The summed E-state index contributed by atoms with van der Waals surface area (Å²) in [7, 11) is 1.62. The molecule has 0 aromatic heterocycles. The lowest BCUT2D eigenvalue weighted by Crippen LogP contribution is -2.51. The third-order valence-electron chi connectivity index (χ3n) is 7.45. The maximum absolute atomic E-state index is 11.8. The van der Waals surface area contributed by atoms with Crippen LogP contribution in [0.25, 0.3) is 0 Å². The molecule has 0 radical (unpaired) electrons. The normalized spacial score (nSPS) is 30.6. The Balaban J connectivity index is 1.54. The first-order valence-corrected chi connectivity index (χ1v) is 10.6. The van der Waals surface area contributed by atoms with Crippen LogP contribution >= 0.6 is 0 Å². The molecule has 2 bridgehead atoms. The van der Waals surface area contributed by atoms with E-state index in [2.05, 4.69) is 56.9 Å². The maximum Gasteiger partial charge on any atom is 0.494 e. The Morgan fingerprint density at radius 2 is 1.68 bits per heavy atom. The summed E-state index contributed by atoms with van der Waals surface area (Å²) in [5, 5.41) is 0. The van der Waals surface area contributed by atoms with Crippen LogP contribution in [0.3, 0.4) is 0 Å². The van der Waals surface area contributed by atoms with Crippen LogP contribution in [-0.4, -0.2) is 54.3 Å². The van der Waals surface area contributed by atoms with Crippen LogP contribution < -0.4 is 10.4 Å². The zero-order valence-electron chi connectivity index (χ0n) is 18.1. The number of benzene rings is 1. The second-order valence-corrected chi connectivity index (χ2v) is 9.73. The minimum atomic E-state index is -0.331. The summed E-state index contributed by atoms with van der Waals surface area (Å²) in [6.45, 7) is 10.0. The average molecular weight is 384 g/mol. The number of rotatable bonds is 3. The van der Waals surface area contributed by atoms with Gasteiger partial charge in [0.1, 0.15) is 0 Å². The van der Waals surface area contributed by atoms with Crippen LogP contribution in [0.2, 0.25) is 0 Å². The van der Waals surface area contributed by atoms with Crippen LogP contribution in [0.15, 0.2) is 24.3 Å². The van der Waals surface area contributed by atoms with Crippen molar-refractivity contribution in [3.63, 3.8) is 0 Å². The highest BCUT2D eigenvalue weighted by atomic mass is 16.7. The predicted octanol–water partition coefficient (Wildman–Crippen LogP) is 2.96. The number of fused-ring (bicyclic) bond motifs is 2. The van der Waals surface area contributed by atoms with Crippen molar-refractivity contribution in [3.05, 3.63) is 24.3 Å². The van der Waals surface area contributed by atoms with E-state index in [9.17, 15) is 4.79 Å². The fraction of sp³-hybridized carbons (Fsp3) is 0.682. The fourth-order valence-corrected chi connectivity index (χ4v) is 4.95. The fourth-order valence-electron chi connectivity index (χ4n) is 4.95. The molecule has 0 aliphatic carbocycles. The Bertz CT molecular complexity index is 736. The Morgan fingerprint density at radius 1 is 1.11 bits per heavy atom. The zero-order chi connectivity index (χ0) is 20.3. The highest BCUT2D eigenvalue weighted by Crippen LogP contribution is 2.41. The Labute approximate surface area is 169 Å². The molecule has 1 aromatic carbocycles. The molecule has 0 spiro atoms. The molecular formula is C22H33BN2O3. The van der Waals surface area contributed by atoms with Gasteiger partial charge in [0.2, 0.25) is 5.91 Å². The Morgan fingerprint density at radius 3 is 2.21 bits per heavy atom. The number of amides is 1. The number of hydrogen-bond donors (Lipinski definition) is 0. The molecule has 3 heterocycles. The summed E-state index contributed by atoms with van der Waals surface area (Å²) in [5.41, 5.74) is 1.67. The third-order valence-corrected chi connectivity index (χ3v) is 7.45. The quantitative estimate of drug-likeness (QED) is 0.752. The van der Waals surface area contributed by atoms with Gasteiger partial charge in [-0.05, 0) is 71.0 Å². The van der Waals surface area contributed by atoms with Crippen LogP contribution in [0.1, 0.15) is 60.3 Å². The lowest BCUT2D eigenvalue weighted by atomic mass is 9.78. The zero-order valence-corrected chi connectivity index (χ0v) is 18.1. The molecule has 0 saturated carbocycles. The molecule has 3 saturated heterocycles. The van der Waals surface area contributed by atoms with E-state index in [0.29, 0.717) is 18.1 Å². The molecule has 1 aromatic rings. The molecule has 5 nitrogen and oxygen atoms in total. The minimum absolute atomic E-state index is 0.167. The summed E-state index contributed by atoms with van der Waals surface area (Å²) in [6, 6.07) is 10.0. The van der Waals surface area contributed by atoms with Gasteiger partial charge in [-0.3, -0.25) is 4.79 Å². The van der Waals surface area contributed by atoms with Gasteiger partial charge in [-0.2, -0.15) is 0 Å². The monoisotopic (exact) mass is 384 g/mol. The lowest BCUT2D eigenvalue weighted by Gasteiger charge is -2.43. The number of nitrogens with zero attached hydrogens (tertiary/aromatic N) is 2. The minimum Gasteiger partial charge on any atom is -0.399 e. The van der Waals surface area contributed by atoms with E-state index in [1.165, 1.54) is 18.5 Å². The van der Waals surface area contributed by atoms with Gasteiger partial charge >= 0.3 is 7.12 Å². The van der Waals surface area contributed by atoms with Gasteiger partial charge in [0.15, 0.2) is 0 Å². The van der Waals surface area contributed by atoms with Gasteiger partial charge in [-0.1, -0.05) is 12.1 Å². The van der Waals surface area contributed by atoms with E-state index in [1.807, 2.05) is 11.9 Å². The van der Waals surface area contributed by atoms with E-state index in [0.717, 1.165) is 18.3 Å². The van der Waals surface area contributed by atoms with Crippen molar-refractivity contribution >= 4 is 24.2 Å². The molecule has 3 aliphatic heterocycles. The predicted molar refractivity (Wildman–Crippen MR) is 113 cm³/mol. The van der Waals surface area contributed by atoms with Gasteiger partial charge in [0.25, 0.3) is 0 Å². The summed E-state index contributed by atoms with van der Waals surface area (Å²) < 4.78 is 12.5.